The van der Waals surface area contributed by atoms with Crippen LogP contribution in [0.25, 0.3) is 0 Å². The summed E-state index contributed by atoms with van der Waals surface area (Å²) in [6.07, 6.45) is 4.77. The number of rotatable bonds is 0. The van der Waals surface area contributed by atoms with Crippen LogP contribution in [0.15, 0.2) is 12.2 Å². The molecule has 4 N–H and O–H groups in total. The fourth-order valence-corrected chi connectivity index (χ4v) is 2.09. The minimum absolute atomic E-state index is 0.316. The second-order valence-corrected chi connectivity index (χ2v) is 4.30. The number of fused-ring (bicyclic) bond motifs is 1. The number of nitrogens with two attached hydrogens (primary N) is 1. The molecule has 80 valence electrons. The first-order chi connectivity index (χ1) is 6.49. The van der Waals surface area contributed by atoms with Crippen LogP contribution in [-0.2, 0) is 4.94 Å². The van der Waals surface area contributed by atoms with Crippen LogP contribution >= 0.6 is 0 Å². The quantitative estimate of drug-likeness (QED) is 0.296. The second kappa shape index (κ2) is 3.27. The fraction of sp³-hybridized carbons (Fsp3) is 0.750. The Morgan fingerprint density at radius 2 is 2.07 bits per heavy atom. The van der Waals surface area contributed by atoms with Crippen molar-refractivity contribution in [2.24, 2.45) is 5.73 Å². The molecule has 6 nitrogen and oxygen atoms in total. The van der Waals surface area contributed by atoms with Crippen molar-refractivity contribution in [2.75, 3.05) is 0 Å². The lowest BCUT2D eigenvalue weighted by Crippen LogP contribution is -3.18. The molecule has 0 aromatic heterocycles. The summed E-state index contributed by atoms with van der Waals surface area (Å²) in [5, 5.41) is 21.8. The van der Waals surface area contributed by atoms with Crippen molar-refractivity contribution in [1.29, 1.82) is 0 Å². The predicted octanol–water partition coefficient (Wildman–Crippen LogP) is -2.58. The molecule has 0 bridgehead atoms. The fourth-order valence-electron chi connectivity index (χ4n) is 2.09. The molecule has 0 aromatic carbocycles. The summed E-state index contributed by atoms with van der Waals surface area (Å²) < 4.78 is 0. The minimum atomic E-state index is -0.511. The lowest BCUT2D eigenvalue weighted by molar-refractivity contribution is -1.27. The highest BCUT2D eigenvalue weighted by Crippen LogP contribution is 2.18. The van der Waals surface area contributed by atoms with Crippen LogP contribution in [-0.4, -0.2) is 17.6 Å². The third-order valence-corrected chi connectivity index (χ3v) is 2.84. The molecule has 0 saturated carbocycles. The molecule has 5 unspecified atom stereocenters. The number of nitrogens with one attached hydrogen (secondary N) is 2. The first-order valence-electron chi connectivity index (χ1n) is 4.72. The lowest BCUT2D eigenvalue weighted by Gasteiger charge is -2.24. The van der Waals surface area contributed by atoms with Gasteiger partial charge in [0.25, 0.3) is 0 Å². The molecule has 1 saturated heterocycles. The predicted molar refractivity (Wildman–Crippen MR) is 48.3 cm³/mol. The Bertz CT molecular complexity index is 256. The number of hydrogen-bond acceptors (Lipinski definition) is 4. The van der Waals surface area contributed by atoms with E-state index in [0.29, 0.717) is 12.8 Å². The minimum Gasteiger partial charge on any atom is -0.595 e. The Morgan fingerprint density at radius 1 is 1.43 bits per heavy atom. The van der Waals surface area contributed by atoms with Crippen LogP contribution in [0.5, 0.6) is 0 Å². The van der Waals surface area contributed by atoms with Gasteiger partial charge in [-0.15, -0.1) is 0 Å². The smallest absolute Gasteiger partial charge is 0.181 e. The van der Waals surface area contributed by atoms with Gasteiger partial charge in [-0.3, -0.25) is 0 Å². The van der Waals surface area contributed by atoms with Crippen molar-refractivity contribution < 1.29 is 15.4 Å². The van der Waals surface area contributed by atoms with Gasteiger partial charge in [-0.25, -0.2) is 0 Å². The summed E-state index contributed by atoms with van der Waals surface area (Å²) in [4.78, 5) is 4.59. The van der Waals surface area contributed by atoms with Gasteiger partial charge in [0.15, 0.2) is 12.1 Å². The Balaban J connectivity index is 2.19. The van der Waals surface area contributed by atoms with E-state index in [1.54, 1.807) is 0 Å². The van der Waals surface area contributed by atoms with E-state index in [9.17, 15) is 10.4 Å². The lowest BCUT2D eigenvalue weighted by atomic mass is 9.93. The van der Waals surface area contributed by atoms with Crippen molar-refractivity contribution in [3.05, 3.63) is 22.6 Å². The van der Waals surface area contributed by atoms with E-state index in [0.717, 1.165) is 0 Å². The van der Waals surface area contributed by atoms with Gasteiger partial charge in [0.1, 0.15) is 0 Å². The third-order valence-electron chi connectivity index (χ3n) is 2.84. The summed E-state index contributed by atoms with van der Waals surface area (Å²) in [5.41, 5.74) is 5.42. The maximum absolute atomic E-state index is 11.3. The SMILES string of the molecule is CC1(N)C=CCC2C(C1)[NH+]([O-])O[NH+]2[O-]. The number of hydrogen-bond donors (Lipinski definition) is 3. The van der Waals surface area contributed by atoms with Crippen molar-refractivity contribution in [2.45, 2.75) is 37.4 Å². The molecular weight excluding hydrogens is 186 g/mol. The third kappa shape index (κ3) is 1.68. The second-order valence-electron chi connectivity index (χ2n) is 4.30. The number of hydroxylamine groups is 4. The molecule has 1 aliphatic carbocycles. The standard InChI is InChI=1S/C8H15N3O3/c1-8(9)4-2-3-6-7(5-8)11(13)14-10(6)12/h2,4,6-7,10-11H,3,5,9H2,1H3. The highest BCUT2D eigenvalue weighted by molar-refractivity contribution is 5.07. The van der Waals surface area contributed by atoms with Crippen LogP contribution < -0.4 is 16.2 Å². The van der Waals surface area contributed by atoms with Crippen LogP contribution in [0.2, 0.25) is 0 Å². The highest BCUT2D eigenvalue weighted by atomic mass is 17.1. The molecule has 14 heavy (non-hydrogen) atoms. The van der Waals surface area contributed by atoms with Crippen molar-refractivity contribution in [1.82, 2.24) is 0 Å². The van der Waals surface area contributed by atoms with Crippen LogP contribution in [0.1, 0.15) is 19.8 Å². The van der Waals surface area contributed by atoms with Gasteiger partial charge in [0, 0.05) is 18.4 Å². The maximum Gasteiger partial charge on any atom is 0.181 e. The van der Waals surface area contributed by atoms with E-state index < -0.39 is 16.0 Å². The molecule has 1 aliphatic heterocycles. The molecular formula is C8H15N3O3. The average molecular weight is 201 g/mol. The zero-order valence-electron chi connectivity index (χ0n) is 8.03. The zero-order chi connectivity index (χ0) is 10.3. The highest BCUT2D eigenvalue weighted by Gasteiger charge is 2.46. The van der Waals surface area contributed by atoms with Gasteiger partial charge in [-0.05, 0) is 11.9 Å². The van der Waals surface area contributed by atoms with E-state index in [1.807, 2.05) is 19.1 Å². The van der Waals surface area contributed by atoms with Crippen molar-refractivity contribution in [3.8, 4) is 0 Å². The Morgan fingerprint density at radius 3 is 2.79 bits per heavy atom. The van der Waals surface area contributed by atoms with Crippen LogP contribution in [0, 0.1) is 10.4 Å². The van der Waals surface area contributed by atoms with Gasteiger partial charge in [0.2, 0.25) is 0 Å². The van der Waals surface area contributed by atoms with Crippen molar-refractivity contribution >= 4 is 0 Å². The van der Waals surface area contributed by atoms with Gasteiger partial charge in [-0.1, -0.05) is 12.2 Å². The molecule has 0 amide bonds. The zero-order valence-corrected chi connectivity index (χ0v) is 8.03. The topological polar surface area (TPSA) is 90.2 Å². The molecule has 0 radical (unpaired) electrons. The Labute approximate surface area is 82.0 Å². The largest absolute Gasteiger partial charge is 0.595 e. The van der Waals surface area contributed by atoms with Gasteiger partial charge < -0.3 is 16.1 Å². The summed E-state index contributed by atoms with van der Waals surface area (Å²) in [5.74, 6) is 0. The number of quaternary nitrogens is 2. The van der Waals surface area contributed by atoms with E-state index in [4.69, 9.17) is 5.73 Å². The molecule has 2 rings (SSSR count). The summed E-state index contributed by atoms with van der Waals surface area (Å²) in [6, 6.07) is -0.670. The summed E-state index contributed by atoms with van der Waals surface area (Å²) in [6.45, 7) is 1.85. The van der Waals surface area contributed by atoms with Crippen LogP contribution in [0.3, 0.4) is 0 Å². The molecule has 0 spiro atoms. The summed E-state index contributed by atoms with van der Waals surface area (Å²) >= 11 is 0. The van der Waals surface area contributed by atoms with E-state index in [2.05, 4.69) is 4.94 Å². The molecule has 6 heteroatoms. The van der Waals surface area contributed by atoms with E-state index in [1.165, 1.54) is 0 Å². The first-order valence-corrected chi connectivity index (χ1v) is 4.72. The summed E-state index contributed by atoms with van der Waals surface area (Å²) in [7, 11) is 0. The first kappa shape index (κ1) is 10.0. The Kier molecular flexibility index (Phi) is 2.34. The molecule has 5 atom stereocenters. The average Bonchev–Trinajstić information content (AvgIpc) is 2.29. The van der Waals surface area contributed by atoms with Gasteiger partial charge >= 0.3 is 0 Å². The van der Waals surface area contributed by atoms with E-state index in [-0.39, 0.29) is 12.1 Å². The molecule has 1 fully saturated rings. The van der Waals surface area contributed by atoms with Crippen LogP contribution in [0.4, 0.5) is 0 Å². The van der Waals surface area contributed by atoms with E-state index >= 15 is 0 Å². The Hall–Kier alpha value is -0.500. The monoisotopic (exact) mass is 201 g/mol. The molecule has 1 heterocycles. The molecule has 0 aromatic rings. The normalized spacial score (nSPS) is 52.9. The van der Waals surface area contributed by atoms with Crippen molar-refractivity contribution in [3.63, 3.8) is 0 Å². The maximum atomic E-state index is 11.3. The molecule has 2 aliphatic rings. The van der Waals surface area contributed by atoms with Gasteiger partial charge in [0.05, 0.1) is 0 Å². The van der Waals surface area contributed by atoms with Gasteiger partial charge in [-0.2, -0.15) is 10.5 Å².